The standard InChI is InChI=1S/C34H40N4O6/c1-23-17-24(2)19-27(18-23)37(3)31(39)22-44-30-16-9-8-15-29(30)38(4,28-13-6-7-14-28)32(40)21-35-34(42)36-26-12-10-11-25(20-26)33(41)43-5/h8-12,15-20,28H,6-7,13-14,21-22H2,1-5H3,(H-,35,36,42)/p+1. The summed E-state index contributed by atoms with van der Waals surface area (Å²) in [5.74, 6) is -0.513. The molecule has 3 aromatic rings. The molecule has 10 nitrogen and oxygen atoms in total. The summed E-state index contributed by atoms with van der Waals surface area (Å²) in [6.45, 7) is 3.53. The number of esters is 1. The Balaban J connectivity index is 1.49. The summed E-state index contributed by atoms with van der Waals surface area (Å²) in [5.41, 5.74) is 4.23. The van der Waals surface area contributed by atoms with E-state index in [9.17, 15) is 19.2 Å². The normalized spacial score (nSPS) is 14.3. The summed E-state index contributed by atoms with van der Waals surface area (Å²) in [6, 6.07) is 19.0. The molecular formula is C34H41N4O6+. The summed E-state index contributed by atoms with van der Waals surface area (Å²) < 4.78 is 10.8. The zero-order valence-corrected chi connectivity index (χ0v) is 26.0. The van der Waals surface area contributed by atoms with Crippen molar-refractivity contribution >= 4 is 40.9 Å². The number of para-hydroxylation sites is 2. The zero-order valence-electron chi connectivity index (χ0n) is 26.0. The van der Waals surface area contributed by atoms with Gasteiger partial charge in [-0.3, -0.25) is 4.79 Å². The van der Waals surface area contributed by atoms with Gasteiger partial charge in [-0.05, 0) is 74.2 Å². The molecule has 1 saturated carbocycles. The number of hydrogen-bond donors (Lipinski definition) is 2. The predicted molar refractivity (Wildman–Crippen MR) is 171 cm³/mol. The molecule has 44 heavy (non-hydrogen) atoms. The van der Waals surface area contributed by atoms with Crippen molar-refractivity contribution in [1.29, 1.82) is 0 Å². The Morgan fingerprint density at radius 1 is 0.932 bits per heavy atom. The molecule has 0 saturated heterocycles. The van der Waals surface area contributed by atoms with Crippen LogP contribution in [0.15, 0.2) is 66.7 Å². The maximum atomic E-state index is 14.0. The maximum absolute atomic E-state index is 14.0. The predicted octanol–water partition coefficient (Wildman–Crippen LogP) is 5.36. The van der Waals surface area contributed by atoms with Crippen LogP contribution in [0.25, 0.3) is 0 Å². The van der Waals surface area contributed by atoms with Gasteiger partial charge in [0.1, 0.15) is 12.6 Å². The number of anilines is 2. The van der Waals surface area contributed by atoms with E-state index < -0.39 is 12.0 Å². The first-order chi connectivity index (χ1) is 21.0. The lowest BCUT2D eigenvalue weighted by molar-refractivity contribution is -0.130. The van der Waals surface area contributed by atoms with Gasteiger partial charge in [-0.1, -0.05) is 24.3 Å². The fourth-order valence-electron chi connectivity index (χ4n) is 5.78. The molecule has 0 heterocycles. The molecule has 1 fully saturated rings. The Bertz CT molecular complexity index is 1510. The van der Waals surface area contributed by atoms with Crippen LogP contribution in [0.2, 0.25) is 0 Å². The van der Waals surface area contributed by atoms with Crippen LogP contribution in [0.3, 0.4) is 0 Å². The highest BCUT2D eigenvalue weighted by Gasteiger charge is 2.45. The molecule has 4 amide bonds. The third-order valence-electron chi connectivity index (χ3n) is 8.20. The van der Waals surface area contributed by atoms with Gasteiger partial charge < -0.3 is 25.0 Å². The molecule has 0 aromatic heterocycles. The Hall–Kier alpha value is -4.70. The number of hydrogen-bond acceptors (Lipinski definition) is 6. The molecule has 4 rings (SSSR count). The van der Waals surface area contributed by atoms with Crippen LogP contribution in [0, 0.1) is 13.8 Å². The fraction of sp³-hybridized carbons (Fsp3) is 0.353. The summed E-state index contributed by atoms with van der Waals surface area (Å²) in [6.07, 6.45) is 3.69. The molecule has 1 atom stereocenters. The van der Waals surface area contributed by atoms with E-state index >= 15 is 0 Å². The van der Waals surface area contributed by atoms with Crippen molar-refractivity contribution in [3.05, 3.63) is 83.4 Å². The van der Waals surface area contributed by atoms with Crippen molar-refractivity contribution in [2.45, 2.75) is 45.6 Å². The van der Waals surface area contributed by atoms with Gasteiger partial charge in [0.25, 0.3) is 5.91 Å². The molecule has 232 valence electrons. The summed E-state index contributed by atoms with van der Waals surface area (Å²) in [7, 11) is 4.85. The summed E-state index contributed by atoms with van der Waals surface area (Å²) >= 11 is 0. The topological polar surface area (TPSA) is 114 Å². The smallest absolute Gasteiger partial charge is 0.338 e. The number of carbonyl (C=O) groups excluding carboxylic acids is 4. The Morgan fingerprint density at radius 3 is 2.30 bits per heavy atom. The first kappa shape index (κ1) is 32.2. The van der Waals surface area contributed by atoms with Crippen LogP contribution < -0.4 is 24.8 Å². The number of ether oxygens (including phenoxy) is 2. The van der Waals surface area contributed by atoms with E-state index in [-0.39, 0.29) is 35.5 Å². The lowest BCUT2D eigenvalue weighted by Gasteiger charge is -2.37. The SMILES string of the molecule is COC(=O)c1cccc(NC(=O)NCC(=O)[N+](C)(c2ccccc2OCC(=O)N(C)c2cc(C)cc(C)c2)C2CCCC2)c1. The second-order valence-electron chi connectivity index (χ2n) is 11.3. The molecule has 0 bridgehead atoms. The fourth-order valence-corrected chi connectivity index (χ4v) is 5.78. The second-order valence-corrected chi connectivity index (χ2v) is 11.3. The minimum atomic E-state index is -0.581. The van der Waals surface area contributed by atoms with Crippen molar-refractivity contribution in [1.82, 2.24) is 9.80 Å². The number of urea groups is 1. The number of aryl methyl sites for hydroxylation is 2. The third kappa shape index (κ3) is 7.44. The highest BCUT2D eigenvalue weighted by atomic mass is 16.5. The molecule has 10 heteroatoms. The lowest BCUT2D eigenvalue weighted by atomic mass is 10.1. The first-order valence-corrected chi connectivity index (χ1v) is 14.7. The molecule has 1 aliphatic rings. The number of methoxy groups -OCH3 is 1. The molecule has 1 aliphatic carbocycles. The lowest BCUT2D eigenvalue weighted by Crippen LogP contribution is -2.60. The number of benzene rings is 3. The second kappa shape index (κ2) is 14.2. The third-order valence-corrected chi connectivity index (χ3v) is 8.20. The van der Waals surface area contributed by atoms with E-state index in [2.05, 4.69) is 16.7 Å². The Morgan fingerprint density at radius 2 is 1.61 bits per heavy atom. The summed E-state index contributed by atoms with van der Waals surface area (Å²) in [4.78, 5) is 53.3. The first-order valence-electron chi connectivity index (χ1n) is 14.7. The van der Waals surface area contributed by atoms with Crippen LogP contribution in [0.4, 0.5) is 21.9 Å². The van der Waals surface area contributed by atoms with Crippen LogP contribution in [-0.2, 0) is 14.3 Å². The summed E-state index contributed by atoms with van der Waals surface area (Å²) in [5, 5.41) is 5.34. The van der Waals surface area contributed by atoms with Gasteiger partial charge in [0.2, 0.25) is 0 Å². The molecule has 1 unspecified atom stereocenters. The van der Waals surface area contributed by atoms with E-state index in [0.29, 0.717) is 22.7 Å². The van der Waals surface area contributed by atoms with Gasteiger partial charge in [-0.2, -0.15) is 0 Å². The van der Waals surface area contributed by atoms with Crippen LogP contribution >= 0.6 is 0 Å². The number of carbonyl (C=O) groups is 4. The quantitative estimate of drug-likeness (QED) is 0.239. The molecule has 0 spiro atoms. The molecular weight excluding hydrogens is 560 g/mol. The van der Waals surface area contributed by atoms with Gasteiger partial charge in [0, 0.05) is 37.3 Å². The Labute approximate surface area is 258 Å². The molecule has 3 aromatic carbocycles. The minimum absolute atomic E-state index is 0.0116. The van der Waals surface area contributed by atoms with E-state index in [0.717, 1.165) is 42.5 Å². The van der Waals surface area contributed by atoms with Gasteiger partial charge in [0.15, 0.2) is 18.0 Å². The van der Waals surface area contributed by atoms with Crippen LogP contribution in [0.5, 0.6) is 5.75 Å². The number of amides is 4. The van der Waals surface area contributed by atoms with Gasteiger partial charge >= 0.3 is 17.9 Å². The van der Waals surface area contributed by atoms with Gasteiger partial charge in [-0.15, -0.1) is 0 Å². The molecule has 2 N–H and O–H groups in total. The Kier molecular flexibility index (Phi) is 10.4. The number of likely N-dealkylation sites (N-methyl/N-ethyl adjacent to an activating group) is 2. The van der Waals surface area contributed by atoms with Crippen molar-refractivity contribution in [3.63, 3.8) is 0 Å². The van der Waals surface area contributed by atoms with E-state index in [1.165, 1.54) is 13.2 Å². The largest absolute Gasteiger partial charge is 0.477 e. The number of quaternary nitrogens is 1. The van der Waals surface area contributed by atoms with Crippen molar-refractivity contribution in [3.8, 4) is 5.75 Å². The van der Waals surface area contributed by atoms with E-state index in [1.54, 1.807) is 36.2 Å². The maximum Gasteiger partial charge on any atom is 0.338 e. The van der Waals surface area contributed by atoms with Crippen molar-refractivity contribution in [2.75, 3.05) is 44.6 Å². The van der Waals surface area contributed by atoms with Crippen LogP contribution in [0.1, 0.15) is 47.2 Å². The van der Waals surface area contributed by atoms with Crippen molar-refractivity contribution in [2.24, 2.45) is 0 Å². The number of nitrogens with zero attached hydrogens (tertiary/aromatic N) is 2. The number of rotatable bonds is 10. The minimum Gasteiger partial charge on any atom is -0.477 e. The van der Waals surface area contributed by atoms with Crippen molar-refractivity contribution < 1.29 is 28.7 Å². The highest BCUT2D eigenvalue weighted by Crippen LogP contribution is 2.39. The average molecular weight is 602 g/mol. The van der Waals surface area contributed by atoms with Gasteiger partial charge in [-0.25, -0.2) is 18.9 Å². The number of nitrogens with one attached hydrogen (secondary N) is 2. The van der Waals surface area contributed by atoms with Gasteiger partial charge in [0.05, 0.1) is 19.7 Å². The molecule has 0 aliphatic heterocycles. The zero-order chi connectivity index (χ0) is 31.9. The monoisotopic (exact) mass is 601 g/mol. The highest BCUT2D eigenvalue weighted by molar-refractivity contribution is 5.98. The average Bonchev–Trinajstić information content (AvgIpc) is 3.57. The van der Waals surface area contributed by atoms with E-state index in [1.807, 2.05) is 51.2 Å². The van der Waals surface area contributed by atoms with E-state index in [4.69, 9.17) is 9.47 Å². The van der Waals surface area contributed by atoms with Crippen LogP contribution in [-0.4, -0.2) is 64.2 Å². The molecule has 0 radical (unpaired) electrons.